The molecule has 1 aliphatic rings. The van der Waals surface area contributed by atoms with E-state index in [-0.39, 0.29) is 0 Å². The summed E-state index contributed by atoms with van der Waals surface area (Å²) in [7, 11) is 0. The van der Waals surface area contributed by atoms with E-state index in [0.717, 1.165) is 10.5 Å². The number of hydrogen-bond acceptors (Lipinski definition) is 6. The Labute approximate surface area is 125 Å². The van der Waals surface area contributed by atoms with E-state index >= 15 is 0 Å². The molecule has 21 heavy (non-hydrogen) atoms. The standard InChI is InChI=1S/C15H9N3O2S/c16-8-10-1-3-11(4-2-10)15(19)20-13-6-5-12-9-17-18-21-14(12)7-13/h1-7,9,18H. The number of hydrazone groups is 1. The van der Waals surface area contributed by atoms with Gasteiger partial charge in [0.2, 0.25) is 0 Å². The SMILES string of the molecule is N#Cc1ccc(C(=O)Oc2ccc3c(c2)SNN=C3)cc1. The van der Waals surface area contributed by atoms with Gasteiger partial charge >= 0.3 is 5.97 Å². The fourth-order valence-electron chi connectivity index (χ4n) is 1.79. The molecule has 0 fully saturated rings. The molecule has 0 atom stereocenters. The van der Waals surface area contributed by atoms with Gasteiger partial charge in [-0.1, -0.05) is 0 Å². The third-order valence-corrected chi connectivity index (χ3v) is 3.63. The number of ether oxygens (including phenoxy) is 1. The fourth-order valence-corrected chi connectivity index (χ4v) is 2.41. The summed E-state index contributed by atoms with van der Waals surface area (Å²) in [6, 6.07) is 13.7. The first-order valence-electron chi connectivity index (χ1n) is 6.07. The Hall–Kier alpha value is -2.78. The number of fused-ring (bicyclic) bond motifs is 1. The van der Waals surface area contributed by atoms with Gasteiger partial charge in [0.15, 0.2) is 0 Å². The summed E-state index contributed by atoms with van der Waals surface area (Å²) in [4.78, 5) is 15.7. The second-order valence-electron chi connectivity index (χ2n) is 4.23. The van der Waals surface area contributed by atoms with E-state index < -0.39 is 5.97 Å². The molecule has 6 heteroatoms. The van der Waals surface area contributed by atoms with Crippen molar-refractivity contribution in [1.29, 1.82) is 5.26 Å². The van der Waals surface area contributed by atoms with Crippen LogP contribution in [0.4, 0.5) is 0 Å². The van der Waals surface area contributed by atoms with Gasteiger partial charge in [-0.15, -0.1) is 0 Å². The van der Waals surface area contributed by atoms with Crippen LogP contribution in [0.2, 0.25) is 0 Å². The molecule has 2 aromatic carbocycles. The van der Waals surface area contributed by atoms with Crippen LogP contribution in [0.3, 0.4) is 0 Å². The van der Waals surface area contributed by atoms with Crippen molar-refractivity contribution in [2.75, 3.05) is 0 Å². The topological polar surface area (TPSA) is 74.5 Å². The van der Waals surface area contributed by atoms with Gasteiger partial charge in [0.1, 0.15) is 5.75 Å². The summed E-state index contributed by atoms with van der Waals surface area (Å²) in [5, 5.41) is 12.7. The van der Waals surface area contributed by atoms with Gasteiger partial charge in [-0.3, -0.25) is 0 Å². The minimum Gasteiger partial charge on any atom is -0.423 e. The molecule has 2 aromatic rings. The fraction of sp³-hybridized carbons (Fsp3) is 0. The zero-order valence-corrected chi connectivity index (χ0v) is 11.6. The lowest BCUT2D eigenvalue weighted by Gasteiger charge is -2.11. The van der Waals surface area contributed by atoms with Crippen molar-refractivity contribution in [2.24, 2.45) is 5.10 Å². The van der Waals surface area contributed by atoms with Crippen LogP contribution < -0.4 is 9.57 Å². The van der Waals surface area contributed by atoms with Gasteiger partial charge in [-0.2, -0.15) is 10.4 Å². The third kappa shape index (κ3) is 2.88. The van der Waals surface area contributed by atoms with Crippen LogP contribution in [-0.4, -0.2) is 12.2 Å². The largest absolute Gasteiger partial charge is 0.423 e. The van der Waals surface area contributed by atoms with E-state index in [1.807, 2.05) is 12.1 Å². The van der Waals surface area contributed by atoms with E-state index in [0.29, 0.717) is 16.9 Å². The number of nitrogens with zero attached hydrogens (tertiary/aromatic N) is 2. The number of rotatable bonds is 2. The molecule has 0 aliphatic carbocycles. The van der Waals surface area contributed by atoms with E-state index in [4.69, 9.17) is 10.00 Å². The zero-order valence-electron chi connectivity index (χ0n) is 10.7. The van der Waals surface area contributed by atoms with E-state index in [1.165, 1.54) is 11.9 Å². The first-order chi connectivity index (χ1) is 10.3. The normalized spacial score (nSPS) is 12.0. The predicted molar refractivity (Wildman–Crippen MR) is 79.1 cm³/mol. The highest BCUT2D eigenvalue weighted by Crippen LogP contribution is 2.27. The average Bonchev–Trinajstić information content (AvgIpc) is 2.55. The van der Waals surface area contributed by atoms with Crippen LogP contribution in [-0.2, 0) is 0 Å². The Kier molecular flexibility index (Phi) is 3.58. The zero-order chi connectivity index (χ0) is 14.7. The summed E-state index contributed by atoms with van der Waals surface area (Å²) >= 11 is 1.36. The van der Waals surface area contributed by atoms with E-state index in [1.54, 1.807) is 42.6 Å². The molecule has 3 rings (SSSR count). The van der Waals surface area contributed by atoms with Crippen molar-refractivity contribution in [1.82, 2.24) is 4.83 Å². The Morgan fingerprint density at radius 1 is 1.24 bits per heavy atom. The van der Waals surface area contributed by atoms with Gasteiger partial charge in [0.25, 0.3) is 0 Å². The summed E-state index contributed by atoms with van der Waals surface area (Å²) < 4.78 is 5.33. The highest BCUT2D eigenvalue weighted by Gasteiger charge is 2.12. The lowest BCUT2D eigenvalue weighted by atomic mass is 10.1. The van der Waals surface area contributed by atoms with Crippen molar-refractivity contribution in [3.05, 3.63) is 59.2 Å². The molecule has 0 amide bonds. The van der Waals surface area contributed by atoms with Gasteiger partial charge in [0, 0.05) is 22.4 Å². The number of esters is 1. The lowest BCUT2D eigenvalue weighted by Crippen LogP contribution is -2.09. The van der Waals surface area contributed by atoms with Gasteiger partial charge < -0.3 is 4.74 Å². The maximum atomic E-state index is 12.0. The Balaban J connectivity index is 1.78. The van der Waals surface area contributed by atoms with Crippen molar-refractivity contribution in [2.45, 2.75) is 4.90 Å². The minimum absolute atomic E-state index is 0.402. The molecule has 0 spiro atoms. The van der Waals surface area contributed by atoms with Gasteiger partial charge in [-0.25, -0.2) is 9.63 Å². The molecule has 1 N–H and O–H groups in total. The lowest BCUT2D eigenvalue weighted by molar-refractivity contribution is 0.0734. The highest BCUT2D eigenvalue weighted by molar-refractivity contribution is 7.97. The molecule has 0 aromatic heterocycles. The summed E-state index contributed by atoms with van der Waals surface area (Å²) in [5.41, 5.74) is 1.87. The van der Waals surface area contributed by atoms with Crippen molar-refractivity contribution < 1.29 is 9.53 Å². The molecular formula is C15H9N3O2S. The minimum atomic E-state index is -0.457. The maximum absolute atomic E-state index is 12.0. The number of carbonyl (C=O) groups excluding carboxylic acids is 1. The predicted octanol–water partition coefficient (Wildman–Crippen LogP) is 2.72. The smallest absolute Gasteiger partial charge is 0.343 e. The Morgan fingerprint density at radius 2 is 2.05 bits per heavy atom. The highest BCUT2D eigenvalue weighted by atomic mass is 32.2. The monoisotopic (exact) mass is 295 g/mol. The Bertz CT molecular complexity index is 763. The molecule has 0 bridgehead atoms. The molecule has 0 radical (unpaired) electrons. The number of carbonyl (C=O) groups is 1. The van der Waals surface area contributed by atoms with Crippen LogP contribution in [0.5, 0.6) is 5.75 Å². The average molecular weight is 295 g/mol. The van der Waals surface area contributed by atoms with Crippen LogP contribution in [0.25, 0.3) is 0 Å². The maximum Gasteiger partial charge on any atom is 0.343 e. The quantitative estimate of drug-likeness (QED) is 0.524. The second-order valence-corrected chi connectivity index (χ2v) is 5.06. The summed E-state index contributed by atoms with van der Waals surface area (Å²) in [6.07, 6.45) is 1.71. The number of nitriles is 1. The third-order valence-electron chi connectivity index (χ3n) is 2.86. The van der Waals surface area contributed by atoms with Crippen molar-refractivity contribution in [3.8, 4) is 11.8 Å². The van der Waals surface area contributed by atoms with Crippen LogP contribution in [0.15, 0.2) is 52.5 Å². The van der Waals surface area contributed by atoms with Crippen LogP contribution in [0.1, 0.15) is 21.5 Å². The van der Waals surface area contributed by atoms with E-state index in [9.17, 15) is 4.79 Å². The molecule has 0 saturated heterocycles. The van der Waals surface area contributed by atoms with Crippen LogP contribution in [0, 0.1) is 11.3 Å². The number of benzene rings is 2. The first kappa shape index (κ1) is 13.2. The second kappa shape index (κ2) is 5.69. The molecule has 0 unspecified atom stereocenters. The van der Waals surface area contributed by atoms with Crippen molar-refractivity contribution in [3.63, 3.8) is 0 Å². The molecular weight excluding hydrogens is 286 g/mol. The summed E-state index contributed by atoms with van der Waals surface area (Å²) in [6.45, 7) is 0. The first-order valence-corrected chi connectivity index (χ1v) is 6.89. The van der Waals surface area contributed by atoms with Gasteiger partial charge in [-0.05, 0) is 42.5 Å². The molecule has 5 nitrogen and oxygen atoms in total. The number of nitrogens with one attached hydrogen (secondary N) is 1. The summed E-state index contributed by atoms with van der Waals surface area (Å²) in [5.74, 6) is 0.00888. The van der Waals surface area contributed by atoms with Crippen molar-refractivity contribution >= 4 is 24.1 Å². The molecule has 0 saturated carbocycles. The van der Waals surface area contributed by atoms with Gasteiger partial charge in [0.05, 0.1) is 23.4 Å². The number of hydrogen-bond donors (Lipinski definition) is 1. The van der Waals surface area contributed by atoms with E-state index in [2.05, 4.69) is 9.93 Å². The molecule has 1 heterocycles. The Morgan fingerprint density at radius 3 is 2.81 bits per heavy atom. The van der Waals surface area contributed by atoms with Crippen LogP contribution >= 0.6 is 11.9 Å². The molecule has 1 aliphatic heterocycles. The molecule has 102 valence electrons.